The van der Waals surface area contributed by atoms with Crippen molar-refractivity contribution in [3.63, 3.8) is 0 Å². The van der Waals surface area contributed by atoms with E-state index in [9.17, 15) is 9.59 Å². The lowest BCUT2D eigenvalue weighted by Gasteiger charge is -2.16. The molecule has 0 bridgehead atoms. The number of carbonyl (C=O) groups is 1. The van der Waals surface area contributed by atoms with E-state index in [1.165, 1.54) is 4.57 Å². The lowest BCUT2D eigenvalue weighted by molar-refractivity contribution is 0.0946. The maximum atomic E-state index is 12.5. The lowest BCUT2D eigenvalue weighted by Crippen LogP contribution is -2.33. The second-order valence-electron chi connectivity index (χ2n) is 4.77. The molecule has 0 aliphatic heterocycles. The Kier molecular flexibility index (Phi) is 3.90. The van der Waals surface area contributed by atoms with Crippen molar-refractivity contribution in [2.45, 2.75) is 19.9 Å². The molecule has 0 spiro atoms. The van der Waals surface area contributed by atoms with Crippen molar-refractivity contribution < 1.29 is 4.79 Å². The zero-order valence-corrected chi connectivity index (χ0v) is 11.5. The molecular weight excluding hydrogens is 252 g/mol. The second kappa shape index (κ2) is 5.62. The fourth-order valence-electron chi connectivity index (χ4n) is 2.18. The van der Waals surface area contributed by atoms with Crippen molar-refractivity contribution >= 4 is 16.7 Å². The first-order valence-electron chi connectivity index (χ1n) is 6.42. The summed E-state index contributed by atoms with van der Waals surface area (Å²) >= 11 is 0. The molecule has 0 aliphatic rings. The van der Waals surface area contributed by atoms with E-state index >= 15 is 0 Å². The van der Waals surface area contributed by atoms with Crippen LogP contribution in [0, 0.1) is 12.3 Å². The Labute approximate surface area is 117 Å². The maximum absolute atomic E-state index is 12.5. The first-order valence-corrected chi connectivity index (χ1v) is 6.42. The number of carbonyl (C=O) groups excluding carboxylic acids is 1. The molecule has 1 N–H and O–H groups in total. The van der Waals surface area contributed by atoms with Gasteiger partial charge in [0.05, 0.1) is 6.54 Å². The van der Waals surface area contributed by atoms with Gasteiger partial charge in [0.15, 0.2) is 0 Å². The SMILES string of the molecule is C#CCNC(=O)c1cc2ccccc2c(=O)n1C(C)C. The van der Waals surface area contributed by atoms with Crippen LogP contribution in [0.4, 0.5) is 0 Å². The van der Waals surface area contributed by atoms with E-state index in [1.54, 1.807) is 12.1 Å². The van der Waals surface area contributed by atoms with Gasteiger partial charge in [-0.1, -0.05) is 24.1 Å². The standard InChI is InChI=1S/C16H16N2O2/c1-4-9-17-15(19)14-10-12-7-5-6-8-13(12)16(20)18(14)11(2)3/h1,5-8,10-11H,9H2,2-3H3,(H,17,19). The largest absolute Gasteiger partial charge is 0.340 e. The summed E-state index contributed by atoms with van der Waals surface area (Å²) < 4.78 is 1.49. The van der Waals surface area contributed by atoms with Crippen LogP contribution in [0.5, 0.6) is 0 Å². The van der Waals surface area contributed by atoms with Gasteiger partial charge in [-0.15, -0.1) is 6.42 Å². The quantitative estimate of drug-likeness (QED) is 0.865. The molecule has 20 heavy (non-hydrogen) atoms. The van der Waals surface area contributed by atoms with Crippen LogP contribution in [0.1, 0.15) is 30.4 Å². The minimum Gasteiger partial charge on any atom is -0.340 e. The third kappa shape index (κ3) is 2.43. The van der Waals surface area contributed by atoms with Crippen molar-refractivity contribution in [1.82, 2.24) is 9.88 Å². The number of benzene rings is 1. The molecule has 0 unspecified atom stereocenters. The fraction of sp³-hybridized carbons (Fsp3) is 0.250. The number of fused-ring (bicyclic) bond motifs is 1. The summed E-state index contributed by atoms with van der Waals surface area (Å²) in [6, 6.07) is 8.84. The molecule has 1 aromatic carbocycles. The predicted molar refractivity (Wildman–Crippen MR) is 79.8 cm³/mol. The van der Waals surface area contributed by atoms with Crippen molar-refractivity contribution in [2.24, 2.45) is 0 Å². The summed E-state index contributed by atoms with van der Waals surface area (Å²) in [5, 5.41) is 3.96. The van der Waals surface area contributed by atoms with Crippen molar-refractivity contribution in [3.8, 4) is 12.3 Å². The molecule has 1 aromatic heterocycles. The Balaban J connectivity index is 2.69. The highest BCUT2D eigenvalue weighted by atomic mass is 16.2. The minimum absolute atomic E-state index is 0.112. The second-order valence-corrected chi connectivity index (χ2v) is 4.77. The summed E-state index contributed by atoms with van der Waals surface area (Å²) in [5.74, 6) is 2.02. The highest BCUT2D eigenvalue weighted by Gasteiger charge is 2.16. The Morgan fingerprint density at radius 1 is 1.40 bits per heavy atom. The normalized spacial score (nSPS) is 10.5. The molecule has 1 heterocycles. The summed E-state index contributed by atoms with van der Waals surface area (Å²) in [7, 11) is 0. The first-order chi connectivity index (χ1) is 9.56. The number of amides is 1. The van der Waals surface area contributed by atoms with E-state index in [0.717, 1.165) is 5.39 Å². The molecule has 4 nitrogen and oxygen atoms in total. The molecule has 2 rings (SSSR count). The number of rotatable bonds is 3. The molecule has 0 fully saturated rings. The van der Waals surface area contributed by atoms with Crippen molar-refractivity contribution in [2.75, 3.05) is 6.54 Å². The number of hydrogen-bond donors (Lipinski definition) is 1. The third-order valence-corrected chi connectivity index (χ3v) is 3.06. The van der Waals surface area contributed by atoms with Gasteiger partial charge >= 0.3 is 0 Å². The molecule has 0 saturated carbocycles. The van der Waals surface area contributed by atoms with Crippen LogP contribution in [-0.2, 0) is 0 Å². The van der Waals surface area contributed by atoms with E-state index in [2.05, 4.69) is 11.2 Å². The van der Waals surface area contributed by atoms with E-state index < -0.39 is 0 Å². The van der Waals surface area contributed by atoms with Crippen LogP contribution in [-0.4, -0.2) is 17.0 Å². The summed E-state index contributed by atoms with van der Waals surface area (Å²) in [4.78, 5) is 24.7. The van der Waals surface area contributed by atoms with Crippen molar-refractivity contribution in [1.29, 1.82) is 0 Å². The van der Waals surface area contributed by atoms with Gasteiger partial charge in [0, 0.05) is 11.4 Å². The van der Waals surface area contributed by atoms with Gasteiger partial charge in [0.1, 0.15) is 5.69 Å². The van der Waals surface area contributed by atoms with E-state index in [1.807, 2.05) is 32.0 Å². The molecule has 102 valence electrons. The monoisotopic (exact) mass is 268 g/mol. The number of terminal acetylenes is 1. The van der Waals surface area contributed by atoms with E-state index in [0.29, 0.717) is 11.1 Å². The molecule has 1 amide bonds. The smallest absolute Gasteiger partial charge is 0.268 e. The number of nitrogens with one attached hydrogen (secondary N) is 1. The topological polar surface area (TPSA) is 51.1 Å². The minimum atomic E-state index is -0.334. The molecule has 0 saturated heterocycles. The molecule has 0 atom stereocenters. The molecular formula is C16H16N2O2. The van der Waals surface area contributed by atoms with Gasteiger partial charge in [-0.2, -0.15) is 0 Å². The van der Waals surface area contributed by atoms with Gasteiger partial charge < -0.3 is 9.88 Å². The van der Waals surface area contributed by atoms with Crippen LogP contribution in [0.3, 0.4) is 0 Å². The Bertz CT molecular complexity index is 751. The fourth-order valence-corrected chi connectivity index (χ4v) is 2.18. The van der Waals surface area contributed by atoms with E-state index in [4.69, 9.17) is 6.42 Å². The summed E-state index contributed by atoms with van der Waals surface area (Å²) in [6.07, 6.45) is 5.14. The number of pyridine rings is 1. The van der Waals surface area contributed by atoms with Crippen LogP contribution in [0.25, 0.3) is 10.8 Å². The van der Waals surface area contributed by atoms with Gasteiger partial charge in [-0.25, -0.2) is 0 Å². The van der Waals surface area contributed by atoms with Gasteiger partial charge in [-0.3, -0.25) is 9.59 Å². The molecule has 4 heteroatoms. The number of hydrogen-bond acceptors (Lipinski definition) is 2. The van der Waals surface area contributed by atoms with Gasteiger partial charge in [-0.05, 0) is 31.4 Å². The zero-order valence-electron chi connectivity index (χ0n) is 11.5. The third-order valence-electron chi connectivity index (χ3n) is 3.06. The molecule has 0 radical (unpaired) electrons. The summed E-state index contributed by atoms with van der Waals surface area (Å²) in [5.41, 5.74) is 0.169. The summed E-state index contributed by atoms with van der Waals surface area (Å²) in [6.45, 7) is 3.88. The average Bonchev–Trinajstić information content (AvgIpc) is 2.44. The Morgan fingerprint density at radius 2 is 2.10 bits per heavy atom. The lowest BCUT2D eigenvalue weighted by atomic mass is 10.1. The van der Waals surface area contributed by atoms with Gasteiger partial charge in [0.25, 0.3) is 11.5 Å². The maximum Gasteiger partial charge on any atom is 0.268 e. The first kappa shape index (κ1) is 13.9. The number of aromatic nitrogens is 1. The average molecular weight is 268 g/mol. The van der Waals surface area contributed by atoms with Crippen LogP contribution < -0.4 is 10.9 Å². The number of nitrogens with zero attached hydrogens (tertiary/aromatic N) is 1. The zero-order chi connectivity index (χ0) is 14.7. The Hall–Kier alpha value is -2.54. The Morgan fingerprint density at radius 3 is 2.75 bits per heavy atom. The predicted octanol–water partition coefficient (Wildman–Crippen LogP) is 1.95. The highest BCUT2D eigenvalue weighted by molar-refractivity contribution is 5.96. The van der Waals surface area contributed by atoms with E-state index in [-0.39, 0.29) is 24.1 Å². The van der Waals surface area contributed by atoms with Crippen molar-refractivity contribution in [3.05, 3.63) is 46.4 Å². The highest BCUT2D eigenvalue weighted by Crippen LogP contribution is 2.15. The van der Waals surface area contributed by atoms with Crippen LogP contribution in [0.15, 0.2) is 35.1 Å². The molecule has 0 aliphatic carbocycles. The van der Waals surface area contributed by atoms with Crippen LogP contribution >= 0.6 is 0 Å². The van der Waals surface area contributed by atoms with Crippen LogP contribution in [0.2, 0.25) is 0 Å². The molecule has 2 aromatic rings. The van der Waals surface area contributed by atoms with Gasteiger partial charge in [0.2, 0.25) is 0 Å².